The van der Waals surface area contributed by atoms with Crippen LogP contribution in [0.5, 0.6) is 0 Å². The summed E-state index contributed by atoms with van der Waals surface area (Å²) in [7, 11) is 0. The fraction of sp³-hybridized carbons (Fsp3) is 0.500. The van der Waals surface area contributed by atoms with Crippen LogP contribution in [0.2, 0.25) is 0 Å². The number of nitrogens with one attached hydrogen (secondary N) is 2. The molecule has 2 aromatic rings. The Balaban J connectivity index is 1.40. The van der Waals surface area contributed by atoms with E-state index in [9.17, 15) is 4.79 Å². The summed E-state index contributed by atoms with van der Waals surface area (Å²) in [6, 6.07) is 1.92. The molecule has 1 atom stereocenters. The molecule has 0 bridgehead atoms. The second-order valence-electron chi connectivity index (χ2n) is 6.09. The molecule has 2 aromatic heterocycles. The summed E-state index contributed by atoms with van der Waals surface area (Å²) in [6.07, 6.45) is 10.7. The number of carbonyl (C=O) groups excluding carboxylic acids is 1. The molecule has 1 aliphatic heterocycles. The zero-order valence-electron chi connectivity index (χ0n) is 13.8. The van der Waals surface area contributed by atoms with Crippen molar-refractivity contribution in [3.63, 3.8) is 0 Å². The molecule has 0 aromatic carbocycles. The fourth-order valence-corrected chi connectivity index (χ4v) is 2.89. The Kier molecular flexibility index (Phi) is 5.25. The molecular formula is C16H23N7O. The van der Waals surface area contributed by atoms with Crippen LogP contribution in [0, 0.1) is 0 Å². The van der Waals surface area contributed by atoms with Gasteiger partial charge in [-0.1, -0.05) is 0 Å². The van der Waals surface area contributed by atoms with Gasteiger partial charge in [-0.2, -0.15) is 0 Å². The van der Waals surface area contributed by atoms with Crippen LogP contribution < -0.4 is 15.5 Å². The van der Waals surface area contributed by atoms with Gasteiger partial charge in [0.2, 0.25) is 5.95 Å². The van der Waals surface area contributed by atoms with Gasteiger partial charge in [0, 0.05) is 56.5 Å². The quantitative estimate of drug-likeness (QED) is 0.855. The maximum Gasteiger partial charge on any atom is 0.315 e. The number of hydrogen-bond acceptors (Lipinski definition) is 5. The van der Waals surface area contributed by atoms with E-state index < -0.39 is 0 Å². The number of piperidine rings is 1. The molecule has 0 radical (unpaired) electrons. The third-order valence-corrected chi connectivity index (χ3v) is 4.09. The number of aromatic nitrogens is 4. The number of nitrogens with zero attached hydrogens (tertiary/aromatic N) is 5. The molecule has 128 valence electrons. The molecule has 8 nitrogen and oxygen atoms in total. The molecule has 2 amide bonds. The van der Waals surface area contributed by atoms with Crippen LogP contribution in [0.25, 0.3) is 0 Å². The molecule has 8 heteroatoms. The number of hydrogen-bond donors (Lipinski definition) is 2. The third-order valence-electron chi connectivity index (χ3n) is 4.09. The number of imidazole rings is 1. The standard InChI is InChI=1S/C16H23N7O/c1-13(11-22-10-7-17-12-22)20-16(24)21-14-3-8-23(9-4-14)15-18-5-2-6-19-15/h2,5-7,10,12-14H,3-4,8-9,11H2,1H3,(H2,20,21,24). The normalized spacial score (nSPS) is 16.6. The van der Waals surface area contributed by atoms with Crippen molar-refractivity contribution < 1.29 is 4.79 Å². The Morgan fingerprint density at radius 3 is 2.71 bits per heavy atom. The van der Waals surface area contributed by atoms with Crippen LogP contribution >= 0.6 is 0 Å². The van der Waals surface area contributed by atoms with Crippen LogP contribution in [0.3, 0.4) is 0 Å². The lowest BCUT2D eigenvalue weighted by molar-refractivity contribution is 0.230. The summed E-state index contributed by atoms with van der Waals surface area (Å²) in [4.78, 5) is 26.8. The zero-order chi connectivity index (χ0) is 16.8. The van der Waals surface area contributed by atoms with Crippen molar-refractivity contribution in [1.29, 1.82) is 0 Å². The van der Waals surface area contributed by atoms with Gasteiger partial charge in [0.25, 0.3) is 0 Å². The highest BCUT2D eigenvalue weighted by atomic mass is 16.2. The van der Waals surface area contributed by atoms with Gasteiger partial charge >= 0.3 is 6.03 Å². The van der Waals surface area contributed by atoms with Gasteiger partial charge in [-0.05, 0) is 25.8 Å². The molecule has 1 fully saturated rings. The first kappa shape index (κ1) is 16.2. The number of rotatable bonds is 5. The number of anilines is 1. The van der Waals surface area contributed by atoms with Crippen molar-refractivity contribution in [3.05, 3.63) is 37.2 Å². The average Bonchev–Trinajstić information content (AvgIpc) is 3.09. The highest BCUT2D eigenvalue weighted by Crippen LogP contribution is 2.15. The summed E-state index contributed by atoms with van der Waals surface area (Å²) in [5.74, 6) is 0.759. The summed E-state index contributed by atoms with van der Waals surface area (Å²) in [6.45, 7) is 4.38. The minimum Gasteiger partial charge on any atom is -0.341 e. The third kappa shape index (κ3) is 4.43. The highest BCUT2D eigenvalue weighted by Gasteiger charge is 2.22. The fourth-order valence-electron chi connectivity index (χ4n) is 2.89. The van der Waals surface area contributed by atoms with E-state index in [1.807, 2.05) is 23.8 Å². The Hall–Kier alpha value is -2.64. The highest BCUT2D eigenvalue weighted by molar-refractivity contribution is 5.74. The van der Waals surface area contributed by atoms with Crippen molar-refractivity contribution >= 4 is 12.0 Å². The maximum atomic E-state index is 12.1. The summed E-state index contributed by atoms with van der Waals surface area (Å²) >= 11 is 0. The zero-order valence-corrected chi connectivity index (χ0v) is 13.8. The monoisotopic (exact) mass is 329 g/mol. The van der Waals surface area contributed by atoms with E-state index >= 15 is 0 Å². The lowest BCUT2D eigenvalue weighted by Crippen LogP contribution is -2.50. The van der Waals surface area contributed by atoms with E-state index in [0.29, 0.717) is 6.54 Å². The molecule has 3 heterocycles. The Labute approximate surface area is 141 Å². The lowest BCUT2D eigenvalue weighted by atomic mass is 10.1. The predicted octanol–water partition coefficient (Wildman–Crippen LogP) is 1.03. The second kappa shape index (κ2) is 7.76. The summed E-state index contributed by atoms with van der Waals surface area (Å²) < 4.78 is 1.95. The first-order chi connectivity index (χ1) is 11.7. The summed E-state index contributed by atoms with van der Waals surface area (Å²) in [5, 5.41) is 6.03. The predicted molar refractivity (Wildman–Crippen MR) is 90.6 cm³/mol. The Morgan fingerprint density at radius 1 is 1.29 bits per heavy atom. The van der Waals surface area contributed by atoms with Crippen LogP contribution in [-0.2, 0) is 6.54 Å². The largest absolute Gasteiger partial charge is 0.341 e. The van der Waals surface area contributed by atoms with Crippen LogP contribution in [0.1, 0.15) is 19.8 Å². The SMILES string of the molecule is CC(Cn1ccnc1)NC(=O)NC1CCN(c2ncccn2)CC1. The van der Waals surface area contributed by atoms with Crippen molar-refractivity contribution in [3.8, 4) is 0 Å². The smallest absolute Gasteiger partial charge is 0.315 e. The Bertz CT molecular complexity index is 623. The first-order valence-corrected chi connectivity index (χ1v) is 8.25. The van der Waals surface area contributed by atoms with Gasteiger partial charge in [0.15, 0.2) is 0 Å². The van der Waals surface area contributed by atoms with Crippen LogP contribution in [0.4, 0.5) is 10.7 Å². The topological polar surface area (TPSA) is 88.0 Å². The molecule has 1 unspecified atom stereocenters. The first-order valence-electron chi connectivity index (χ1n) is 8.25. The minimum atomic E-state index is -0.114. The van der Waals surface area contributed by atoms with E-state index in [0.717, 1.165) is 31.9 Å². The number of urea groups is 1. The van der Waals surface area contributed by atoms with Crippen LogP contribution in [-0.4, -0.2) is 50.7 Å². The summed E-state index contributed by atoms with van der Waals surface area (Å²) in [5.41, 5.74) is 0. The Morgan fingerprint density at radius 2 is 2.04 bits per heavy atom. The maximum absolute atomic E-state index is 12.1. The van der Waals surface area contributed by atoms with Gasteiger partial charge in [-0.15, -0.1) is 0 Å². The van der Waals surface area contributed by atoms with Gasteiger partial charge in [0.05, 0.1) is 6.33 Å². The van der Waals surface area contributed by atoms with Crippen LogP contribution in [0.15, 0.2) is 37.2 Å². The van der Waals surface area contributed by atoms with E-state index in [-0.39, 0.29) is 18.1 Å². The van der Waals surface area contributed by atoms with E-state index in [2.05, 4.69) is 30.5 Å². The van der Waals surface area contributed by atoms with Gasteiger partial charge in [-0.25, -0.2) is 19.7 Å². The van der Waals surface area contributed by atoms with Crippen molar-refractivity contribution in [2.45, 2.75) is 38.4 Å². The number of carbonyl (C=O) groups is 1. The molecule has 0 saturated carbocycles. The lowest BCUT2D eigenvalue weighted by Gasteiger charge is -2.32. The number of amides is 2. The van der Waals surface area contributed by atoms with Crippen molar-refractivity contribution in [2.24, 2.45) is 0 Å². The molecule has 24 heavy (non-hydrogen) atoms. The van der Waals surface area contributed by atoms with Crippen molar-refractivity contribution in [1.82, 2.24) is 30.2 Å². The second-order valence-corrected chi connectivity index (χ2v) is 6.09. The molecule has 0 spiro atoms. The molecular weight excluding hydrogens is 306 g/mol. The van der Waals surface area contributed by atoms with Gasteiger partial charge < -0.3 is 20.1 Å². The molecule has 0 aliphatic carbocycles. The minimum absolute atomic E-state index is 0.0389. The molecule has 1 aliphatic rings. The van der Waals surface area contributed by atoms with Gasteiger partial charge in [0.1, 0.15) is 0 Å². The van der Waals surface area contributed by atoms with E-state index in [1.165, 1.54) is 0 Å². The molecule has 3 rings (SSSR count). The average molecular weight is 329 g/mol. The van der Waals surface area contributed by atoms with E-state index in [4.69, 9.17) is 0 Å². The van der Waals surface area contributed by atoms with Gasteiger partial charge in [-0.3, -0.25) is 0 Å². The van der Waals surface area contributed by atoms with Crippen molar-refractivity contribution in [2.75, 3.05) is 18.0 Å². The molecule has 1 saturated heterocycles. The van der Waals surface area contributed by atoms with E-state index in [1.54, 1.807) is 24.9 Å². The molecule has 2 N–H and O–H groups in total.